The monoisotopic (exact) mass is 291 g/mol. The van der Waals surface area contributed by atoms with E-state index in [2.05, 4.69) is 6.58 Å². The third-order valence-corrected chi connectivity index (χ3v) is 4.08. The fourth-order valence-corrected chi connectivity index (χ4v) is 2.77. The first-order chi connectivity index (χ1) is 10.4. The summed E-state index contributed by atoms with van der Waals surface area (Å²) in [7, 11) is 4.48. The highest BCUT2D eigenvalue weighted by atomic mass is 16.2. The Hall–Kier alpha value is -2.70. The summed E-state index contributed by atoms with van der Waals surface area (Å²) in [5.74, 6) is -1.20. The molecule has 22 heavy (non-hydrogen) atoms. The van der Waals surface area contributed by atoms with E-state index in [-0.39, 0.29) is 5.57 Å². The Morgan fingerprint density at radius 2 is 1.36 bits per heavy atom. The summed E-state index contributed by atoms with van der Waals surface area (Å²) in [6.07, 6.45) is 0. The fourth-order valence-electron chi connectivity index (χ4n) is 2.77. The van der Waals surface area contributed by atoms with E-state index in [1.165, 1.54) is 16.0 Å². The Morgan fingerprint density at radius 1 is 0.864 bits per heavy atom. The zero-order chi connectivity index (χ0) is 16.2. The molecule has 1 aliphatic heterocycles. The van der Waals surface area contributed by atoms with E-state index >= 15 is 0 Å². The molecule has 1 aliphatic rings. The minimum Gasteiger partial charge on any atom is -0.392 e. The van der Waals surface area contributed by atoms with E-state index in [1.807, 2.05) is 24.3 Å². The van der Waals surface area contributed by atoms with Crippen molar-refractivity contribution in [3.63, 3.8) is 0 Å². The number of barbiturate groups is 1. The van der Waals surface area contributed by atoms with Crippen LogP contribution in [0.5, 0.6) is 0 Å². The second kappa shape index (κ2) is 4.66. The van der Waals surface area contributed by atoms with Gasteiger partial charge in [0.15, 0.2) is 0 Å². The van der Waals surface area contributed by atoms with Crippen LogP contribution in [-0.4, -0.2) is 55.9 Å². The minimum atomic E-state index is -0.632. The first-order valence-electron chi connectivity index (χ1n) is 6.73. The number of nitrogens with zero attached hydrogens (tertiary/aromatic N) is 3. The van der Waals surface area contributed by atoms with Crippen molar-refractivity contribution in [2.24, 2.45) is 0 Å². The molecule has 0 bridgehead atoms. The molecule has 0 aliphatic carbocycles. The lowest BCUT2D eigenvalue weighted by Gasteiger charge is -2.30. The van der Waals surface area contributed by atoms with Crippen molar-refractivity contribution in [1.29, 1.82) is 0 Å². The van der Waals surface area contributed by atoms with E-state index in [4.69, 9.17) is 0 Å². The van der Waals surface area contributed by atoms with Gasteiger partial charge in [0.2, 0.25) is 23.9 Å². The average molecular weight is 291 g/mol. The van der Waals surface area contributed by atoms with E-state index in [1.54, 1.807) is 12.5 Å². The largest absolute Gasteiger partial charge is 0.392 e. The molecule has 1 aromatic heterocycles. The number of carbonyl (C=O) groups is 3. The molecule has 3 rings (SSSR count). The van der Waals surface area contributed by atoms with E-state index < -0.39 is 17.8 Å². The van der Waals surface area contributed by atoms with Crippen molar-refractivity contribution < 1.29 is 14.4 Å². The molecule has 4 amide bonds. The number of rotatable bonds is 0. The fraction of sp³-hybridized carbons (Fsp3) is 0. The predicted molar refractivity (Wildman–Crippen MR) is 90.2 cm³/mol. The molecular weight excluding hydrogens is 279 g/mol. The molecular formula is C13H12B3N3O3. The van der Waals surface area contributed by atoms with Gasteiger partial charge in [0.25, 0.3) is 11.8 Å². The van der Waals surface area contributed by atoms with Gasteiger partial charge in [0.1, 0.15) is 5.57 Å². The quantitative estimate of drug-likeness (QED) is 0.473. The number of amides is 4. The second-order valence-electron chi connectivity index (χ2n) is 5.29. The van der Waals surface area contributed by atoms with Gasteiger partial charge in [-0.3, -0.25) is 14.4 Å². The summed E-state index contributed by atoms with van der Waals surface area (Å²) in [5.41, 5.74) is -0.0156. The van der Waals surface area contributed by atoms with Crippen LogP contribution in [0.4, 0.5) is 4.79 Å². The van der Waals surface area contributed by atoms with Crippen LogP contribution < -0.4 is 10.7 Å². The maximum Gasteiger partial charge on any atom is 0.308 e. The Labute approximate surface area is 128 Å². The second-order valence-corrected chi connectivity index (χ2v) is 5.29. The molecule has 0 unspecified atom stereocenters. The van der Waals surface area contributed by atoms with Crippen LogP contribution in [0.25, 0.3) is 22.9 Å². The summed E-state index contributed by atoms with van der Waals surface area (Å²) >= 11 is 0. The number of carbonyl (C=O) groups excluding carboxylic acids is 3. The first-order valence-corrected chi connectivity index (χ1v) is 6.73. The van der Waals surface area contributed by atoms with Gasteiger partial charge in [0, 0.05) is 16.1 Å². The van der Waals surface area contributed by atoms with Gasteiger partial charge in [-0.15, -0.1) is 0 Å². The number of hydrogen-bond acceptors (Lipinski definition) is 3. The Balaban J connectivity index is 2.52. The van der Waals surface area contributed by atoms with Crippen LogP contribution in [0.3, 0.4) is 0 Å². The minimum absolute atomic E-state index is 0.0156. The van der Waals surface area contributed by atoms with Crippen molar-refractivity contribution in [2.75, 3.05) is 0 Å². The highest BCUT2D eigenvalue weighted by molar-refractivity contribution is 6.55. The maximum absolute atomic E-state index is 12.5. The third-order valence-electron chi connectivity index (χ3n) is 4.08. The van der Waals surface area contributed by atoms with Crippen LogP contribution in [0, 0.1) is 0 Å². The molecule has 2 heterocycles. The highest BCUT2D eigenvalue weighted by Crippen LogP contribution is 2.15. The Kier molecular flexibility index (Phi) is 3.02. The number of aromatic nitrogens is 1. The van der Waals surface area contributed by atoms with Crippen LogP contribution in [0.1, 0.15) is 0 Å². The van der Waals surface area contributed by atoms with Crippen molar-refractivity contribution in [3.8, 4) is 0 Å². The zero-order valence-electron chi connectivity index (χ0n) is 12.6. The van der Waals surface area contributed by atoms with Gasteiger partial charge < -0.3 is 14.1 Å². The highest BCUT2D eigenvalue weighted by Gasteiger charge is 2.38. The predicted octanol–water partition coefficient (Wildman–Crippen LogP) is -3.51. The van der Waals surface area contributed by atoms with Crippen LogP contribution in [-0.2, 0) is 9.59 Å². The summed E-state index contributed by atoms with van der Waals surface area (Å²) in [6, 6.07) is 6.80. The molecule has 2 aromatic rings. The lowest BCUT2D eigenvalue weighted by atomic mass is 10.0. The third kappa shape index (κ3) is 1.68. The van der Waals surface area contributed by atoms with Crippen molar-refractivity contribution in [2.45, 2.75) is 0 Å². The maximum atomic E-state index is 12.5. The number of hydrogen-bond donors (Lipinski definition) is 0. The van der Waals surface area contributed by atoms with Crippen LogP contribution >= 0.6 is 0 Å². The normalized spacial score (nSPS) is 16.0. The number of fused-ring (bicyclic) bond motifs is 1. The van der Waals surface area contributed by atoms with Crippen molar-refractivity contribution >= 4 is 64.7 Å². The van der Waals surface area contributed by atoms with Crippen LogP contribution in [0.2, 0.25) is 0 Å². The standard InChI is InChI=1S/C13H12B3N3O3/c1-6-7-4-2-3-5-8(7)10(17(6)14)9-11(20)18(15)13(22)19(16)12(9)21/h2-5H,1,14-16H2. The van der Waals surface area contributed by atoms with Gasteiger partial charge in [-0.2, -0.15) is 0 Å². The smallest absolute Gasteiger partial charge is 0.308 e. The van der Waals surface area contributed by atoms with Gasteiger partial charge >= 0.3 is 6.03 Å². The molecule has 1 aromatic carbocycles. The van der Waals surface area contributed by atoms with Gasteiger partial charge in [0.05, 0.1) is 5.35 Å². The van der Waals surface area contributed by atoms with Crippen molar-refractivity contribution in [1.82, 2.24) is 14.1 Å². The molecule has 0 N–H and O–H groups in total. The summed E-state index contributed by atoms with van der Waals surface area (Å²) in [5, 5.41) is 2.83. The number of benzene rings is 1. The SMILES string of the molecule is BN1C(=O)C(=c2c3ccccc3c(=C)n2B)C(=O)N(B)C1=O. The van der Waals surface area contributed by atoms with Gasteiger partial charge in [-0.05, 0) is 0 Å². The summed E-state index contributed by atoms with van der Waals surface area (Å²) in [4.78, 5) is 38.7. The molecule has 0 saturated carbocycles. The van der Waals surface area contributed by atoms with Gasteiger partial charge in [-0.1, -0.05) is 30.8 Å². The molecule has 9 heteroatoms. The molecule has 0 atom stereocenters. The van der Waals surface area contributed by atoms with E-state index in [9.17, 15) is 14.4 Å². The lowest BCUT2D eigenvalue weighted by molar-refractivity contribution is -0.127. The number of urea groups is 1. The summed E-state index contributed by atoms with van der Waals surface area (Å²) in [6.45, 7) is 4.00. The average Bonchev–Trinajstić information content (AvgIpc) is 2.77. The molecule has 106 valence electrons. The van der Waals surface area contributed by atoms with Gasteiger partial charge in [-0.25, -0.2) is 0 Å². The zero-order valence-corrected chi connectivity index (χ0v) is 12.6. The molecule has 1 fully saturated rings. The Morgan fingerprint density at radius 3 is 1.91 bits per heavy atom. The summed E-state index contributed by atoms with van der Waals surface area (Å²) < 4.78 is 1.72. The molecule has 0 radical (unpaired) electrons. The number of imide groups is 2. The Bertz CT molecular complexity index is 940. The van der Waals surface area contributed by atoms with E-state index in [0.29, 0.717) is 10.7 Å². The lowest BCUT2D eigenvalue weighted by Crippen LogP contribution is -2.55. The topological polar surface area (TPSA) is 62.6 Å². The molecule has 1 saturated heterocycles. The van der Waals surface area contributed by atoms with Crippen LogP contribution in [0.15, 0.2) is 24.3 Å². The van der Waals surface area contributed by atoms with Crippen molar-refractivity contribution in [3.05, 3.63) is 35.0 Å². The molecule has 0 spiro atoms. The molecule has 6 nitrogen and oxygen atoms in total. The van der Waals surface area contributed by atoms with E-state index in [0.717, 1.165) is 20.4 Å². The first kappa shape index (κ1) is 14.3.